The fraction of sp³-hybridized carbons (Fsp3) is 0.333. The van der Waals surface area contributed by atoms with Gasteiger partial charge in [-0.15, -0.1) is 11.8 Å². The molecule has 0 spiro atoms. The molecule has 0 unspecified atom stereocenters. The van der Waals surface area contributed by atoms with Gasteiger partial charge in [0.15, 0.2) is 0 Å². The zero-order valence-corrected chi connectivity index (χ0v) is 21.6. The smallest absolute Gasteiger partial charge is 0.243 e. The van der Waals surface area contributed by atoms with Gasteiger partial charge in [-0.2, -0.15) is 0 Å². The number of methoxy groups -OCH3 is 1. The molecule has 3 aromatic carbocycles. The van der Waals surface area contributed by atoms with E-state index in [-0.39, 0.29) is 23.6 Å². The maximum absolute atomic E-state index is 13.7. The van der Waals surface area contributed by atoms with E-state index < -0.39 is 6.04 Å². The number of nitrogens with zero attached hydrogens (tertiary/aromatic N) is 1. The van der Waals surface area contributed by atoms with Crippen LogP contribution in [0.25, 0.3) is 0 Å². The Hall–Kier alpha value is -3.25. The zero-order valence-electron chi connectivity index (χ0n) is 20.8. The fourth-order valence-electron chi connectivity index (χ4n) is 4.63. The van der Waals surface area contributed by atoms with Gasteiger partial charge in [-0.1, -0.05) is 73.5 Å². The van der Waals surface area contributed by atoms with Crippen LogP contribution in [0.1, 0.15) is 36.8 Å². The van der Waals surface area contributed by atoms with Crippen molar-refractivity contribution in [3.63, 3.8) is 0 Å². The number of ether oxygens (including phenoxy) is 1. The van der Waals surface area contributed by atoms with Crippen LogP contribution in [0.4, 0.5) is 0 Å². The second kappa shape index (κ2) is 13.2. The van der Waals surface area contributed by atoms with Gasteiger partial charge in [-0.25, -0.2) is 0 Å². The maximum Gasteiger partial charge on any atom is 0.243 e. The highest BCUT2D eigenvalue weighted by molar-refractivity contribution is 8.00. The lowest BCUT2D eigenvalue weighted by atomic mass is 10.0. The van der Waals surface area contributed by atoms with Gasteiger partial charge in [0.2, 0.25) is 11.8 Å². The minimum atomic E-state index is -0.608. The maximum atomic E-state index is 13.7. The third kappa shape index (κ3) is 7.37. The molecule has 0 heterocycles. The van der Waals surface area contributed by atoms with Crippen LogP contribution in [-0.4, -0.2) is 41.7 Å². The van der Waals surface area contributed by atoms with Crippen molar-refractivity contribution in [2.45, 2.75) is 55.6 Å². The molecule has 0 aromatic heterocycles. The lowest BCUT2D eigenvalue weighted by molar-refractivity contribution is -0.139. The molecule has 0 aliphatic heterocycles. The summed E-state index contributed by atoms with van der Waals surface area (Å²) in [6.07, 6.45) is 4.73. The number of benzene rings is 3. The quantitative estimate of drug-likeness (QED) is 0.353. The highest BCUT2D eigenvalue weighted by Crippen LogP contribution is 2.23. The molecular formula is C30H34N2O3S. The average molecular weight is 503 g/mol. The van der Waals surface area contributed by atoms with Crippen LogP contribution in [0.15, 0.2) is 89.8 Å². The van der Waals surface area contributed by atoms with Crippen molar-refractivity contribution in [2.75, 3.05) is 12.9 Å². The summed E-state index contributed by atoms with van der Waals surface area (Å²) >= 11 is 1.50. The number of amides is 2. The summed E-state index contributed by atoms with van der Waals surface area (Å²) in [7, 11) is 1.63. The van der Waals surface area contributed by atoms with Gasteiger partial charge in [0.25, 0.3) is 0 Å². The number of hydrogen-bond donors (Lipinski definition) is 1. The van der Waals surface area contributed by atoms with Crippen molar-refractivity contribution in [3.8, 4) is 5.75 Å². The first-order chi connectivity index (χ1) is 17.6. The number of hydrogen-bond acceptors (Lipinski definition) is 4. The summed E-state index contributed by atoms with van der Waals surface area (Å²) in [5, 5.41) is 3.25. The number of thioether (sulfide) groups is 1. The van der Waals surface area contributed by atoms with E-state index >= 15 is 0 Å². The lowest BCUT2D eigenvalue weighted by Gasteiger charge is -2.32. The molecule has 0 saturated heterocycles. The van der Waals surface area contributed by atoms with Crippen LogP contribution in [0.5, 0.6) is 5.75 Å². The summed E-state index contributed by atoms with van der Waals surface area (Å²) in [6.45, 7) is 0.334. The fourth-order valence-corrected chi connectivity index (χ4v) is 5.44. The number of carbonyl (C=O) groups is 2. The third-order valence-corrected chi connectivity index (χ3v) is 7.56. The molecule has 1 N–H and O–H groups in total. The Morgan fingerprint density at radius 2 is 1.61 bits per heavy atom. The molecule has 6 heteroatoms. The summed E-state index contributed by atoms with van der Waals surface area (Å²) in [5.74, 6) is 0.852. The van der Waals surface area contributed by atoms with Crippen molar-refractivity contribution in [1.29, 1.82) is 0 Å². The van der Waals surface area contributed by atoms with Crippen LogP contribution >= 0.6 is 11.8 Å². The molecule has 5 nitrogen and oxygen atoms in total. The van der Waals surface area contributed by atoms with Crippen LogP contribution < -0.4 is 10.1 Å². The molecule has 2 amide bonds. The van der Waals surface area contributed by atoms with Crippen LogP contribution in [0, 0.1) is 0 Å². The highest BCUT2D eigenvalue weighted by Gasteiger charge is 2.32. The average Bonchev–Trinajstić information content (AvgIpc) is 3.43. The SMILES string of the molecule is COc1cccc(CN(C(=O)CSc2ccccc2)[C@@H](Cc2ccccc2)C(=O)NC2CCCC2)c1. The molecule has 1 aliphatic rings. The van der Waals surface area contributed by atoms with E-state index in [1.165, 1.54) is 11.8 Å². The van der Waals surface area contributed by atoms with Crippen molar-refractivity contribution < 1.29 is 14.3 Å². The first-order valence-corrected chi connectivity index (χ1v) is 13.6. The molecule has 4 rings (SSSR count). The van der Waals surface area contributed by atoms with Gasteiger partial charge >= 0.3 is 0 Å². The van der Waals surface area contributed by atoms with Gasteiger partial charge in [-0.3, -0.25) is 9.59 Å². The molecule has 0 bridgehead atoms. The minimum Gasteiger partial charge on any atom is -0.497 e. The van der Waals surface area contributed by atoms with E-state index in [2.05, 4.69) is 5.32 Å². The Balaban J connectivity index is 1.62. The Morgan fingerprint density at radius 1 is 0.944 bits per heavy atom. The Bertz CT molecular complexity index is 1120. The largest absolute Gasteiger partial charge is 0.497 e. The highest BCUT2D eigenvalue weighted by atomic mass is 32.2. The topological polar surface area (TPSA) is 58.6 Å². The molecule has 1 aliphatic carbocycles. The van der Waals surface area contributed by atoms with Gasteiger partial charge in [0.05, 0.1) is 12.9 Å². The third-order valence-electron chi connectivity index (χ3n) is 6.57. The first kappa shape index (κ1) is 25.8. The summed E-state index contributed by atoms with van der Waals surface area (Å²) in [6, 6.07) is 27.1. The zero-order chi connectivity index (χ0) is 25.2. The van der Waals surface area contributed by atoms with Crippen molar-refractivity contribution in [2.24, 2.45) is 0 Å². The van der Waals surface area contributed by atoms with Crippen molar-refractivity contribution in [3.05, 3.63) is 96.1 Å². The monoisotopic (exact) mass is 502 g/mol. The van der Waals surface area contributed by atoms with Crippen molar-refractivity contribution >= 4 is 23.6 Å². The molecule has 36 heavy (non-hydrogen) atoms. The van der Waals surface area contributed by atoms with E-state index in [9.17, 15) is 9.59 Å². The molecular weight excluding hydrogens is 468 g/mol. The summed E-state index contributed by atoms with van der Waals surface area (Å²) in [4.78, 5) is 30.2. The first-order valence-electron chi connectivity index (χ1n) is 12.6. The van der Waals surface area contributed by atoms with Crippen LogP contribution in [-0.2, 0) is 22.6 Å². The van der Waals surface area contributed by atoms with Gasteiger partial charge in [0.1, 0.15) is 11.8 Å². The van der Waals surface area contributed by atoms with Gasteiger partial charge < -0.3 is 15.0 Å². The Labute approximate surface area is 218 Å². The normalized spacial score (nSPS) is 14.2. The van der Waals surface area contributed by atoms with Crippen LogP contribution in [0.3, 0.4) is 0 Å². The van der Waals surface area contributed by atoms with E-state index in [1.54, 1.807) is 12.0 Å². The van der Waals surface area contributed by atoms with Gasteiger partial charge in [0, 0.05) is 23.9 Å². The molecule has 1 fully saturated rings. The van der Waals surface area contributed by atoms with Crippen LogP contribution in [0.2, 0.25) is 0 Å². The molecule has 0 radical (unpaired) electrons. The van der Waals surface area contributed by atoms with E-state index in [4.69, 9.17) is 4.74 Å². The molecule has 188 valence electrons. The second-order valence-corrected chi connectivity index (χ2v) is 10.2. The van der Waals surface area contributed by atoms with E-state index in [0.29, 0.717) is 13.0 Å². The number of nitrogens with one attached hydrogen (secondary N) is 1. The van der Waals surface area contributed by atoms with Crippen molar-refractivity contribution in [1.82, 2.24) is 10.2 Å². The predicted octanol–water partition coefficient (Wildman–Crippen LogP) is 5.49. The lowest BCUT2D eigenvalue weighted by Crippen LogP contribution is -2.52. The van der Waals surface area contributed by atoms with Gasteiger partial charge in [-0.05, 0) is 48.2 Å². The minimum absolute atomic E-state index is 0.0609. The number of carbonyl (C=O) groups excluding carboxylic acids is 2. The second-order valence-electron chi connectivity index (χ2n) is 9.17. The standard InChI is InChI=1S/C30H34N2O3S/c1-35-26-16-10-13-24(19-26)21-32(29(33)22-36-27-17-6-3-7-18-27)28(20-23-11-4-2-5-12-23)30(34)31-25-14-8-9-15-25/h2-7,10-13,16-19,25,28H,8-9,14-15,20-22H2,1H3,(H,31,34)/t28-/m0/s1. The number of rotatable bonds is 11. The van der Waals surface area contributed by atoms with E-state index in [1.807, 2.05) is 84.9 Å². The predicted molar refractivity (Wildman–Crippen MR) is 145 cm³/mol. The summed E-state index contributed by atoms with van der Waals surface area (Å²) in [5.41, 5.74) is 1.96. The molecule has 3 aromatic rings. The molecule has 1 atom stereocenters. The Kier molecular flexibility index (Phi) is 9.45. The Morgan fingerprint density at radius 3 is 2.31 bits per heavy atom. The molecule has 1 saturated carbocycles. The summed E-state index contributed by atoms with van der Waals surface area (Å²) < 4.78 is 5.41. The van der Waals surface area contributed by atoms with E-state index in [0.717, 1.165) is 47.5 Å².